The van der Waals surface area contributed by atoms with Crippen LogP contribution in [0.25, 0.3) is 16.7 Å². The van der Waals surface area contributed by atoms with Crippen molar-refractivity contribution in [2.24, 2.45) is 0 Å². The molecule has 80 valence electrons. The number of aromatic nitrogens is 3. The summed E-state index contributed by atoms with van der Waals surface area (Å²) in [5.41, 5.74) is 2.88. The molecule has 0 bridgehead atoms. The molecule has 5 heteroatoms. The van der Waals surface area contributed by atoms with Crippen LogP contribution in [-0.4, -0.2) is 14.4 Å². The fourth-order valence-electron chi connectivity index (χ4n) is 1.82. The molecule has 2 heterocycles. The number of halogens is 1. The van der Waals surface area contributed by atoms with Crippen molar-refractivity contribution in [1.29, 1.82) is 0 Å². The second-order valence-electron chi connectivity index (χ2n) is 3.56. The van der Waals surface area contributed by atoms with E-state index in [1.165, 1.54) is 0 Å². The van der Waals surface area contributed by atoms with E-state index in [9.17, 15) is 4.79 Å². The molecule has 2 aromatic heterocycles. The van der Waals surface area contributed by atoms with Crippen molar-refractivity contribution in [3.63, 3.8) is 0 Å². The minimum absolute atomic E-state index is 0.191. The third kappa shape index (κ3) is 1.23. The van der Waals surface area contributed by atoms with Gasteiger partial charge in [0.1, 0.15) is 0 Å². The molecular formula is C11H8ClN3O. The highest BCUT2D eigenvalue weighted by Crippen LogP contribution is 2.14. The number of imidazole rings is 1. The van der Waals surface area contributed by atoms with Crippen molar-refractivity contribution in [3.8, 4) is 0 Å². The van der Waals surface area contributed by atoms with Crippen LogP contribution >= 0.6 is 11.6 Å². The fourth-order valence-corrected chi connectivity index (χ4v) is 1.99. The molecule has 0 spiro atoms. The molecule has 0 amide bonds. The molecule has 0 unspecified atom stereocenters. The summed E-state index contributed by atoms with van der Waals surface area (Å²) in [5, 5.41) is 0. The molecule has 0 radical (unpaired) electrons. The number of fused-ring (bicyclic) bond motifs is 3. The van der Waals surface area contributed by atoms with Gasteiger partial charge in [-0.1, -0.05) is 6.07 Å². The Labute approximate surface area is 95.5 Å². The molecule has 4 nitrogen and oxygen atoms in total. The Hall–Kier alpha value is -1.81. The first-order valence-electron chi connectivity index (χ1n) is 4.83. The molecular weight excluding hydrogens is 226 g/mol. The van der Waals surface area contributed by atoms with Crippen molar-refractivity contribution in [3.05, 3.63) is 46.5 Å². The van der Waals surface area contributed by atoms with Crippen molar-refractivity contribution < 1.29 is 0 Å². The zero-order valence-electron chi connectivity index (χ0n) is 8.27. The molecule has 0 aliphatic carbocycles. The van der Waals surface area contributed by atoms with Crippen LogP contribution in [0.15, 0.2) is 35.4 Å². The van der Waals surface area contributed by atoms with E-state index in [4.69, 9.17) is 11.6 Å². The fraction of sp³-hybridized carbons (Fsp3) is 0.0909. The average Bonchev–Trinajstić information content (AvgIpc) is 2.78. The number of nitrogens with zero attached hydrogens (tertiary/aromatic N) is 2. The summed E-state index contributed by atoms with van der Waals surface area (Å²) in [4.78, 5) is 18.5. The van der Waals surface area contributed by atoms with Crippen LogP contribution in [0.1, 0.15) is 5.56 Å². The lowest BCUT2D eigenvalue weighted by molar-refractivity contribution is 1.16. The molecule has 1 aromatic carbocycles. The van der Waals surface area contributed by atoms with Crippen LogP contribution in [0.3, 0.4) is 0 Å². The maximum Gasteiger partial charge on any atom is 0.292 e. The second-order valence-corrected chi connectivity index (χ2v) is 3.83. The van der Waals surface area contributed by atoms with E-state index >= 15 is 0 Å². The average molecular weight is 234 g/mol. The highest BCUT2D eigenvalue weighted by molar-refractivity contribution is 6.17. The summed E-state index contributed by atoms with van der Waals surface area (Å²) in [5.74, 6) is 0.430. The van der Waals surface area contributed by atoms with Gasteiger partial charge in [-0.05, 0) is 17.7 Å². The van der Waals surface area contributed by atoms with Crippen LogP contribution in [-0.2, 0) is 5.88 Å². The predicted octanol–water partition coefficient (Wildman–Crippen LogP) is 1.91. The molecule has 16 heavy (non-hydrogen) atoms. The van der Waals surface area contributed by atoms with Gasteiger partial charge >= 0.3 is 0 Å². The molecule has 0 saturated carbocycles. The van der Waals surface area contributed by atoms with E-state index in [-0.39, 0.29) is 5.56 Å². The number of H-pyrrole nitrogens is 1. The van der Waals surface area contributed by atoms with Crippen LogP contribution in [0.2, 0.25) is 0 Å². The molecule has 1 N–H and O–H groups in total. The monoisotopic (exact) mass is 233 g/mol. The van der Waals surface area contributed by atoms with Gasteiger partial charge < -0.3 is 4.98 Å². The minimum atomic E-state index is -0.191. The number of aromatic amines is 1. The topological polar surface area (TPSA) is 50.2 Å². The van der Waals surface area contributed by atoms with Gasteiger partial charge in [-0.2, -0.15) is 0 Å². The number of alkyl halides is 1. The maximum atomic E-state index is 11.7. The van der Waals surface area contributed by atoms with E-state index in [1.807, 2.05) is 18.2 Å². The molecule has 0 aliphatic heterocycles. The number of hydrogen-bond acceptors (Lipinski definition) is 2. The number of benzene rings is 1. The summed E-state index contributed by atoms with van der Waals surface area (Å²) < 4.78 is 1.77. The van der Waals surface area contributed by atoms with Gasteiger partial charge in [0.25, 0.3) is 5.56 Å². The van der Waals surface area contributed by atoms with Gasteiger partial charge in [-0.25, -0.2) is 4.98 Å². The van der Waals surface area contributed by atoms with Crippen LogP contribution in [0.5, 0.6) is 0 Å². The van der Waals surface area contributed by atoms with Crippen LogP contribution < -0.4 is 5.56 Å². The quantitative estimate of drug-likeness (QED) is 0.653. The van der Waals surface area contributed by atoms with Gasteiger partial charge in [0.2, 0.25) is 5.65 Å². The largest absolute Gasteiger partial charge is 0.317 e. The third-order valence-electron chi connectivity index (χ3n) is 2.57. The highest BCUT2D eigenvalue weighted by Gasteiger charge is 2.05. The summed E-state index contributed by atoms with van der Waals surface area (Å²) >= 11 is 5.75. The van der Waals surface area contributed by atoms with E-state index in [0.717, 1.165) is 16.6 Å². The molecule has 0 atom stereocenters. The third-order valence-corrected chi connectivity index (χ3v) is 2.88. The first-order chi connectivity index (χ1) is 7.79. The van der Waals surface area contributed by atoms with E-state index < -0.39 is 0 Å². The van der Waals surface area contributed by atoms with Gasteiger partial charge in [-0.3, -0.25) is 9.20 Å². The van der Waals surface area contributed by atoms with Gasteiger partial charge in [0.15, 0.2) is 0 Å². The van der Waals surface area contributed by atoms with Gasteiger partial charge in [0.05, 0.1) is 11.0 Å². The Morgan fingerprint density at radius 3 is 3.12 bits per heavy atom. The Kier molecular flexibility index (Phi) is 1.97. The molecule has 3 rings (SSSR count). The number of hydrogen-bond donors (Lipinski definition) is 1. The lowest BCUT2D eigenvalue weighted by atomic mass is 10.2. The molecule has 0 aliphatic rings. The van der Waals surface area contributed by atoms with Crippen LogP contribution in [0.4, 0.5) is 0 Å². The van der Waals surface area contributed by atoms with Crippen molar-refractivity contribution in [1.82, 2.24) is 14.4 Å². The van der Waals surface area contributed by atoms with Gasteiger partial charge in [0, 0.05) is 18.3 Å². The normalized spacial score (nSPS) is 11.3. The predicted molar refractivity (Wildman–Crippen MR) is 62.9 cm³/mol. The van der Waals surface area contributed by atoms with E-state index in [2.05, 4.69) is 9.97 Å². The maximum absolute atomic E-state index is 11.7. The molecule has 0 fully saturated rings. The lowest BCUT2D eigenvalue weighted by Crippen LogP contribution is -2.10. The minimum Gasteiger partial charge on any atom is -0.317 e. The molecule has 3 aromatic rings. The highest BCUT2D eigenvalue weighted by atomic mass is 35.5. The van der Waals surface area contributed by atoms with Crippen molar-refractivity contribution in [2.75, 3.05) is 0 Å². The number of rotatable bonds is 1. The van der Waals surface area contributed by atoms with E-state index in [1.54, 1.807) is 16.8 Å². The Balaban J connectivity index is 2.53. The summed E-state index contributed by atoms with van der Waals surface area (Å²) in [6, 6.07) is 5.74. The van der Waals surface area contributed by atoms with Crippen molar-refractivity contribution >= 4 is 28.3 Å². The standard InChI is InChI=1S/C11H8ClN3O/c12-6-7-1-2-9-8(5-7)14-11(16)10-13-3-4-15(9)10/h1-5H,6H2,(H,14,16). The van der Waals surface area contributed by atoms with Gasteiger partial charge in [-0.15, -0.1) is 11.6 Å². The second kappa shape index (κ2) is 3.35. The Morgan fingerprint density at radius 2 is 2.31 bits per heavy atom. The summed E-state index contributed by atoms with van der Waals surface area (Å²) in [7, 11) is 0. The zero-order chi connectivity index (χ0) is 11.1. The first-order valence-corrected chi connectivity index (χ1v) is 5.37. The lowest BCUT2D eigenvalue weighted by Gasteiger charge is -2.03. The zero-order valence-corrected chi connectivity index (χ0v) is 9.03. The number of nitrogens with one attached hydrogen (secondary N) is 1. The Morgan fingerprint density at radius 1 is 1.44 bits per heavy atom. The van der Waals surface area contributed by atoms with Crippen LogP contribution in [0, 0.1) is 0 Å². The summed E-state index contributed by atoms with van der Waals surface area (Å²) in [6.45, 7) is 0. The van der Waals surface area contributed by atoms with E-state index in [0.29, 0.717) is 11.5 Å². The molecule has 0 saturated heterocycles. The Bertz CT molecular complexity index is 729. The summed E-state index contributed by atoms with van der Waals surface area (Å²) in [6.07, 6.45) is 3.38. The SMILES string of the molecule is O=c1[nH]c2cc(CCl)ccc2n2ccnc12. The van der Waals surface area contributed by atoms with Crippen molar-refractivity contribution in [2.45, 2.75) is 5.88 Å². The first kappa shape index (κ1) is 9.42. The smallest absolute Gasteiger partial charge is 0.292 e.